The number of thioether (sulfide) groups is 1. The Labute approximate surface area is 135 Å². The Morgan fingerprint density at radius 3 is 2.45 bits per heavy atom. The van der Waals surface area contributed by atoms with Crippen molar-refractivity contribution in [3.8, 4) is 0 Å². The Bertz CT molecular complexity index is 501. The number of anilines is 1. The zero-order valence-corrected chi connectivity index (χ0v) is 13.9. The van der Waals surface area contributed by atoms with E-state index in [1.807, 2.05) is 43.5 Å². The van der Waals surface area contributed by atoms with E-state index in [0.717, 1.165) is 18.5 Å². The van der Waals surface area contributed by atoms with Crippen LogP contribution in [0.2, 0.25) is 0 Å². The molecule has 0 radical (unpaired) electrons. The Morgan fingerprint density at radius 1 is 1.23 bits per heavy atom. The van der Waals surface area contributed by atoms with Crippen molar-refractivity contribution in [2.45, 2.75) is 31.1 Å². The summed E-state index contributed by atoms with van der Waals surface area (Å²) in [5, 5.41) is 5.92. The highest BCUT2D eigenvalue weighted by Gasteiger charge is 2.25. The van der Waals surface area contributed by atoms with E-state index in [1.54, 1.807) is 16.7 Å². The molecular weight excluding hydrogens is 298 g/mol. The van der Waals surface area contributed by atoms with Crippen molar-refractivity contribution in [1.29, 1.82) is 0 Å². The number of carbonyl (C=O) groups excluding carboxylic acids is 2. The van der Waals surface area contributed by atoms with Gasteiger partial charge in [0.2, 0.25) is 5.91 Å². The van der Waals surface area contributed by atoms with Gasteiger partial charge in [-0.25, -0.2) is 4.79 Å². The van der Waals surface area contributed by atoms with E-state index in [2.05, 4.69) is 10.6 Å². The smallest absolute Gasteiger partial charge is 0.321 e. The van der Waals surface area contributed by atoms with E-state index in [9.17, 15) is 9.59 Å². The van der Waals surface area contributed by atoms with E-state index in [-0.39, 0.29) is 23.2 Å². The van der Waals surface area contributed by atoms with E-state index >= 15 is 0 Å². The summed E-state index contributed by atoms with van der Waals surface area (Å²) in [6, 6.07) is 9.54. The number of piperidine rings is 1. The van der Waals surface area contributed by atoms with Crippen LogP contribution in [-0.4, -0.2) is 47.5 Å². The molecule has 0 spiro atoms. The number of carbonyl (C=O) groups is 2. The molecule has 2 rings (SSSR count). The second kappa shape index (κ2) is 8.08. The molecule has 0 aromatic heterocycles. The van der Waals surface area contributed by atoms with Gasteiger partial charge in [0.25, 0.3) is 0 Å². The van der Waals surface area contributed by atoms with Gasteiger partial charge in [0, 0.05) is 24.8 Å². The Balaban J connectivity index is 1.77. The molecule has 1 aromatic carbocycles. The number of para-hydroxylation sites is 1. The first-order valence-electron chi connectivity index (χ1n) is 7.54. The molecule has 1 atom stereocenters. The van der Waals surface area contributed by atoms with Crippen molar-refractivity contribution in [2.75, 3.05) is 24.7 Å². The summed E-state index contributed by atoms with van der Waals surface area (Å²) in [7, 11) is 0. The SMILES string of the molecule is CS[C@@H](C)C(=O)NC1CCN(C(=O)Nc2ccccc2)CC1. The van der Waals surface area contributed by atoms with Crippen LogP contribution >= 0.6 is 11.8 Å². The van der Waals surface area contributed by atoms with Gasteiger partial charge in [-0.15, -0.1) is 0 Å². The summed E-state index contributed by atoms with van der Waals surface area (Å²) in [4.78, 5) is 25.8. The van der Waals surface area contributed by atoms with Crippen molar-refractivity contribution in [1.82, 2.24) is 10.2 Å². The van der Waals surface area contributed by atoms with Gasteiger partial charge >= 0.3 is 6.03 Å². The first-order chi connectivity index (χ1) is 10.6. The van der Waals surface area contributed by atoms with Crippen molar-refractivity contribution in [2.24, 2.45) is 0 Å². The minimum Gasteiger partial charge on any atom is -0.352 e. The fraction of sp³-hybridized carbons (Fsp3) is 0.500. The van der Waals surface area contributed by atoms with Crippen LogP contribution in [0.15, 0.2) is 30.3 Å². The Hall–Kier alpha value is -1.69. The molecule has 3 amide bonds. The molecule has 1 aliphatic heterocycles. The normalized spacial score (nSPS) is 16.9. The van der Waals surface area contributed by atoms with Crippen LogP contribution in [0.5, 0.6) is 0 Å². The molecule has 1 fully saturated rings. The van der Waals surface area contributed by atoms with E-state index < -0.39 is 0 Å². The monoisotopic (exact) mass is 321 g/mol. The van der Waals surface area contributed by atoms with Crippen LogP contribution in [0.4, 0.5) is 10.5 Å². The number of hydrogen-bond acceptors (Lipinski definition) is 3. The van der Waals surface area contributed by atoms with Crippen molar-refractivity contribution < 1.29 is 9.59 Å². The number of nitrogens with zero attached hydrogens (tertiary/aromatic N) is 1. The van der Waals surface area contributed by atoms with Gasteiger partial charge in [0.1, 0.15) is 0 Å². The number of urea groups is 1. The molecule has 22 heavy (non-hydrogen) atoms. The summed E-state index contributed by atoms with van der Waals surface area (Å²) in [6.45, 7) is 3.23. The van der Waals surface area contributed by atoms with Crippen LogP contribution in [0.1, 0.15) is 19.8 Å². The lowest BCUT2D eigenvalue weighted by molar-refractivity contribution is -0.121. The predicted octanol–water partition coefficient (Wildman–Crippen LogP) is 2.55. The maximum absolute atomic E-state index is 12.2. The third-order valence-corrected chi connectivity index (χ3v) is 4.80. The topological polar surface area (TPSA) is 61.4 Å². The van der Waals surface area contributed by atoms with Crippen LogP contribution in [0.3, 0.4) is 0 Å². The van der Waals surface area contributed by atoms with E-state index in [0.29, 0.717) is 13.1 Å². The van der Waals surface area contributed by atoms with Crippen LogP contribution < -0.4 is 10.6 Å². The highest BCUT2D eigenvalue weighted by molar-refractivity contribution is 7.99. The maximum Gasteiger partial charge on any atom is 0.321 e. The number of likely N-dealkylation sites (tertiary alicyclic amines) is 1. The minimum atomic E-state index is -0.0755. The summed E-state index contributed by atoms with van der Waals surface area (Å²) < 4.78 is 0. The maximum atomic E-state index is 12.2. The van der Waals surface area contributed by atoms with Gasteiger partial charge < -0.3 is 15.5 Å². The van der Waals surface area contributed by atoms with Crippen LogP contribution in [-0.2, 0) is 4.79 Å². The highest BCUT2D eigenvalue weighted by Crippen LogP contribution is 2.14. The molecule has 0 unspecified atom stereocenters. The van der Waals surface area contributed by atoms with Gasteiger partial charge in [-0.1, -0.05) is 18.2 Å². The third kappa shape index (κ3) is 4.66. The van der Waals surface area contributed by atoms with E-state index in [4.69, 9.17) is 0 Å². The third-order valence-electron chi connectivity index (χ3n) is 3.88. The van der Waals surface area contributed by atoms with E-state index in [1.165, 1.54) is 0 Å². The predicted molar refractivity (Wildman–Crippen MR) is 91.2 cm³/mol. The molecule has 120 valence electrons. The number of benzene rings is 1. The van der Waals surface area contributed by atoms with Gasteiger partial charge in [-0.05, 0) is 38.2 Å². The molecule has 2 N–H and O–H groups in total. The fourth-order valence-electron chi connectivity index (χ4n) is 2.38. The Kier molecular flexibility index (Phi) is 6.12. The molecule has 1 aromatic rings. The van der Waals surface area contributed by atoms with Gasteiger partial charge in [0.05, 0.1) is 5.25 Å². The van der Waals surface area contributed by atoms with Crippen molar-refractivity contribution in [3.05, 3.63) is 30.3 Å². The van der Waals surface area contributed by atoms with Gasteiger partial charge in [0.15, 0.2) is 0 Å². The first kappa shape index (κ1) is 16.7. The highest BCUT2D eigenvalue weighted by atomic mass is 32.2. The summed E-state index contributed by atoms with van der Waals surface area (Å²) in [6.07, 6.45) is 3.53. The summed E-state index contributed by atoms with van der Waals surface area (Å²) in [5.74, 6) is 0.0830. The van der Waals surface area contributed by atoms with Gasteiger partial charge in [-0.3, -0.25) is 4.79 Å². The molecule has 0 saturated carbocycles. The molecule has 0 aliphatic carbocycles. The quantitative estimate of drug-likeness (QED) is 0.896. The summed E-state index contributed by atoms with van der Waals surface area (Å²) >= 11 is 1.54. The fourth-order valence-corrected chi connectivity index (χ4v) is 2.66. The molecule has 1 heterocycles. The second-order valence-corrected chi connectivity index (χ2v) is 6.62. The average Bonchev–Trinajstić information content (AvgIpc) is 2.55. The molecular formula is C16H23N3O2S. The molecule has 6 heteroatoms. The number of amides is 3. The zero-order valence-electron chi connectivity index (χ0n) is 13.0. The van der Waals surface area contributed by atoms with Crippen LogP contribution in [0, 0.1) is 0 Å². The number of rotatable bonds is 4. The Morgan fingerprint density at radius 2 is 1.86 bits per heavy atom. The first-order valence-corrected chi connectivity index (χ1v) is 8.83. The lowest BCUT2D eigenvalue weighted by atomic mass is 10.1. The van der Waals surface area contributed by atoms with Crippen molar-refractivity contribution in [3.63, 3.8) is 0 Å². The standard InChI is InChI=1S/C16H23N3O2S/c1-12(22-2)15(20)17-14-8-10-19(11-9-14)16(21)18-13-6-4-3-5-7-13/h3-7,12,14H,8-11H2,1-2H3,(H,17,20)(H,18,21)/t12-/m0/s1. The molecule has 1 aliphatic rings. The zero-order chi connectivity index (χ0) is 15.9. The summed E-state index contributed by atoms with van der Waals surface area (Å²) in [5.41, 5.74) is 0.803. The molecule has 5 nitrogen and oxygen atoms in total. The number of hydrogen-bond donors (Lipinski definition) is 2. The minimum absolute atomic E-state index is 0.0283. The lowest BCUT2D eigenvalue weighted by Gasteiger charge is -2.32. The van der Waals surface area contributed by atoms with Crippen LogP contribution in [0.25, 0.3) is 0 Å². The number of nitrogens with one attached hydrogen (secondary N) is 2. The van der Waals surface area contributed by atoms with Gasteiger partial charge in [-0.2, -0.15) is 11.8 Å². The van der Waals surface area contributed by atoms with Crippen molar-refractivity contribution >= 4 is 29.4 Å². The second-order valence-electron chi connectivity index (χ2n) is 5.44. The average molecular weight is 321 g/mol. The largest absolute Gasteiger partial charge is 0.352 e. The molecule has 0 bridgehead atoms. The molecule has 1 saturated heterocycles. The lowest BCUT2D eigenvalue weighted by Crippen LogP contribution is -2.49.